The Hall–Kier alpha value is -3.83. The van der Waals surface area contributed by atoms with Gasteiger partial charge in [-0.15, -0.1) is 11.8 Å². The zero-order valence-electron chi connectivity index (χ0n) is 19.5. The Morgan fingerprint density at radius 3 is 1.80 bits per heavy atom. The number of thioether (sulfide) groups is 1. The summed E-state index contributed by atoms with van der Waals surface area (Å²) in [5.41, 5.74) is 6.18. The topological polar surface area (TPSA) is 55.1 Å². The number of carboxylic acid groups (broad SMARTS) is 1. The summed E-state index contributed by atoms with van der Waals surface area (Å²) < 4.78 is 1.41. The quantitative estimate of drug-likeness (QED) is 0.250. The summed E-state index contributed by atoms with van der Waals surface area (Å²) >= 11 is 1.82. The Kier molecular flexibility index (Phi) is 6.43. The Labute approximate surface area is 209 Å². The van der Waals surface area contributed by atoms with Crippen molar-refractivity contribution in [2.75, 3.05) is 5.75 Å². The molecule has 1 N–H and O–H groups in total. The maximum absolute atomic E-state index is 12.0. The third kappa shape index (κ3) is 4.24. The number of benzene rings is 4. The number of carbonyl (C=O) groups is 1. The first-order valence-corrected chi connectivity index (χ1v) is 12.6. The van der Waals surface area contributed by atoms with E-state index in [0.717, 1.165) is 11.1 Å². The smallest absolute Gasteiger partial charge is 0.372 e. The van der Waals surface area contributed by atoms with E-state index < -0.39 is 10.7 Å². The molecule has 0 aliphatic carbocycles. The molecule has 0 amide bonds. The summed E-state index contributed by atoms with van der Waals surface area (Å²) in [6, 6.07) is 37.4. The fourth-order valence-electron chi connectivity index (χ4n) is 4.80. The number of para-hydroxylation sites is 1. The molecule has 1 aromatic heterocycles. The van der Waals surface area contributed by atoms with Crippen molar-refractivity contribution in [2.45, 2.75) is 18.2 Å². The van der Waals surface area contributed by atoms with Crippen LogP contribution in [0.25, 0.3) is 11.0 Å². The zero-order chi connectivity index (χ0) is 24.3. The third-order valence-electron chi connectivity index (χ3n) is 6.33. The molecule has 5 rings (SSSR count). The number of carboxylic acids is 1. The van der Waals surface area contributed by atoms with Crippen LogP contribution >= 0.6 is 11.8 Å². The van der Waals surface area contributed by atoms with Crippen molar-refractivity contribution < 1.29 is 9.90 Å². The van der Waals surface area contributed by atoms with Crippen LogP contribution in [0.2, 0.25) is 0 Å². The molecule has 1 heterocycles. The van der Waals surface area contributed by atoms with Crippen molar-refractivity contribution in [2.24, 2.45) is 0 Å². The lowest BCUT2D eigenvalue weighted by atomic mass is 9.84. The standard InChI is InChI=1S/C30H26N2O2S/c1-22-12-11-19-26-27(22)32(28(31-26)29(33)34)20-21-35-30(23-13-5-2-6-14-23,24-15-7-3-8-16-24)25-17-9-4-10-18-25/h2-19H,20-21H2,1H3,(H,33,34). The van der Waals surface area contributed by atoms with Crippen molar-refractivity contribution >= 4 is 28.8 Å². The zero-order valence-corrected chi connectivity index (χ0v) is 20.3. The van der Waals surface area contributed by atoms with Crippen LogP contribution in [0.3, 0.4) is 0 Å². The average Bonchev–Trinajstić information content (AvgIpc) is 3.28. The van der Waals surface area contributed by atoms with E-state index in [0.29, 0.717) is 17.8 Å². The molecule has 174 valence electrons. The van der Waals surface area contributed by atoms with Gasteiger partial charge in [-0.3, -0.25) is 0 Å². The highest BCUT2D eigenvalue weighted by Gasteiger charge is 2.36. The summed E-state index contributed by atoms with van der Waals surface area (Å²) in [4.78, 5) is 16.5. The number of fused-ring (bicyclic) bond motifs is 1. The van der Waals surface area contributed by atoms with Gasteiger partial charge in [0, 0.05) is 12.3 Å². The SMILES string of the molecule is Cc1cccc2nc(C(=O)O)n(CCSC(c3ccccc3)(c3ccccc3)c3ccccc3)c12. The van der Waals surface area contributed by atoms with E-state index in [1.807, 2.05) is 59.7 Å². The van der Waals surface area contributed by atoms with Gasteiger partial charge in [0.2, 0.25) is 5.82 Å². The van der Waals surface area contributed by atoms with Crippen molar-refractivity contribution in [1.82, 2.24) is 9.55 Å². The summed E-state index contributed by atoms with van der Waals surface area (Å²) in [6.45, 7) is 2.53. The van der Waals surface area contributed by atoms with Gasteiger partial charge in [0.05, 0.1) is 15.8 Å². The molecular weight excluding hydrogens is 452 g/mol. The molecule has 0 spiro atoms. The van der Waals surface area contributed by atoms with Crippen LogP contribution in [-0.2, 0) is 11.3 Å². The molecule has 5 heteroatoms. The molecule has 4 nitrogen and oxygen atoms in total. The second kappa shape index (κ2) is 9.80. The molecule has 0 bridgehead atoms. The first kappa shape index (κ1) is 22.9. The maximum Gasteiger partial charge on any atom is 0.372 e. The van der Waals surface area contributed by atoms with Crippen molar-refractivity contribution in [3.8, 4) is 0 Å². The maximum atomic E-state index is 12.0. The fourth-order valence-corrected chi connectivity index (χ4v) is 6.29. The average molecular weight is 479 g/mol. The van der Waals surface area contributed by atoms with Gasteiger partial charge >= 0.3 is 5.97 Å². The number of imidazole rings is 1. The summed E-state index contributed by atoms with van der Waals surface area (Å²) in [7, 11) is 0. The molecule has 0 saturated heterocycles. The van der Waals surface area contributed by atoms with Gasteiger partial charge < -0.3 is 9.67 Å². The largest absolute Gasteiger partial charge is 0.475 e. The molecule has 0 atom stereocenters. The Balaban J connectivity index is 1.60. The lowest BCUT2D eigenvalue weighted by Gasteiger charge is -2.35. The van der Waals surface area contributed by atoms with Crippen LogP contribution in [0.1, 0.15) is 32.9 Å². The van der Waals surface area contributed by atoms with E-state index in [9.17, 15) is 9.90 Å². The molecule has 0 aliphatic rings. The molecule has 0 aliphatic heterocycles. The minimum absolute atomic E-state index is 0.0830. The second-order valence-corrected chi connectivity index (χ2v) is 9.77. The van der Waals surface area contributed by atoms with Crippen LogP contribution < -0.4 is 0 Å². The summed E-state index contributed by atoms with van der Waals surface area (Å²) in [5.74, 6) is -0.232. The molecule has 0 saturated carbocycles. The minimum Gasteiger partial charge on any atom is -0.475 e. The van der Waals surface area contributed by atoms with E-state index in [1.165, 1.54) is 16.7 Å². The fraction of sp³-hybridized carbons (Fsp3) is 0.133. The van der Waals surface area contributed by atoms with Crippen LogP contribution in [-0.4, -0.2) is 26.4 Å². The number of aromatic carboxylic acids is 1. The number of hydrogen-bond donors (Lipinski definition) is 1. The van der Waals surface area contributed by atoms with E-state index in [1.54, 1.807) is 0 Å². The van der Waals surface area contributed by atoms with E-state index in [-0.39, 0.29) is 5.82 Å². The van der Waals surface area contributed by atoms with Crippen LogP contribution in [0.4, 0.5) is 0 Å². The van der Waals surface area contributed by atoms with Gasteiger partial charge in [0.1, 0.15) is 0 Å². The monoisotopic (exact) mass is 478 g/mol. The lowest BCUT2D eigenvalue weighted by molar-refractivity contribution is 0.0679. The van der Waals surface area contributed by atoms with Crippen LogP contribution in [0.15, 0.2) is 109 Å². The number of nitrogens with zero attached hydrogens (tertiary/aromatic N) is 2. The molecule has 35 heavy (non-hydrogen) atoms. The number of hydrogen-bond acceptors (Lipinski definition) is 3. The van der Waals surface area contributed by atoms with Crippen molar-refractivity contribution in [3.63, 3.8) is 0 Å². The van der Waals surface area contributed by atoms with Gasteiger partial charge in [-0.2, -0.15) is 0 Å². The molecule has 4 aromatic carbocycles. The Morgan fingerprint density at radius 2 is 1.31 bits per heavy atom. The van der Waals surface area contributed by atoms with Gasteiger partial charge in [-0.25, -0.2) is 9.78 Å². The van der Waals surface area contributed by atoms with Crippen molar-refractivity contribution in [3.05, 3.63) is 137 Å². The van der Waals surface area contributed by atoms with E-state index in [2.05, 4.69) is 77.8 Å². The summed E-state index contributed by atoms with van der Waals surface area (Å²) in [5, 5.41) is 9.86. The summed E-state index contributed by atoms with van der Waals surface area (Å²) in [6.07, 6.45) is 0. The first-order valence-electron chi connectivity index (χ1n) is 11.6. The second-order valence-electron chi connectivity index (χ2n) is 8.46. The number of rotatable bonds is 8. The van der Waals surface area contributed by atoms with Crippen LogP contribution in [0.5, 0.6) is 0 Å². The van der Waals surface area contributed by atoms with Gasteiger partial charge in [-0.1, -0.05) is 103 Å². The highest BCUT2D eigenvalue weighted by Crippen LogP contribution is 2.48. The van der Waals surface area contributed by atoms with Gasteiger partial charge in [0.25, 0.3) is 0 Å². The van der Waals surface area contributed by atoms with Gasteiger partial charge in [0.15, 0.2) is 0 Å². The first-order chi connectivity index (χ1) is 17.1. The highest BCUT2D eigenvalue weighted by molar-refractivity contribution is 8.00. The number of aryl methyl sites for hydroxylation is 2. The van der Waals surface area contributed by atoms with Crippen LogP contribution in [0, 0.1) is 6.92 Å². The molecular formula is C30H26N2O2S. The van der Waals surface area contributed by atoms with E-state index in [4.69, 9.17) is 0 Å². The molecule has 5 aromatic rings. The minimum atomic E-state index is -1.01. The molecule has 0 fully saturated rings. The molecule has 0 unspecified atom stereocenters. The van der Waals surface area contributed by atoms with Crippen molar-refractivity contribution in [1.29, 1.82) is 0 Å². The Morgan fingerprint density at radius 1 is 0.800 bits per heavy atom. The highest BCUT2D eigenvalue weighted by atomic mass is 32.2. The van der Waals surface area contributed by atoms with Gasteiger partial charge in [-0.05, 0) is 35.2 Å². The predicted octanol–water partition coefficient (Wildman–Crippen LogP) is 6.77. The van der Waals surface area contributed by atoms with E-state index >= 15 is 0 Å². The lowest BCUT2D eigenvalue weighted by Crippen LogP contribution is -2.27. The number of aromatic nitrogens is 2. The predicted molar refractivity (Wildman–Crippen MR) is 143 cm³/mol. The normalized spacial score (nSPS) is 11.6. The molecule has 0 radical (unpaired) electrons. The Bertz CT molecular complexity index is 1350. The third-order valence-corrected chi connectivity index (χ3v) is 7.86.